The van der Waals surface area contributed by atoms with E-state index in [0.29, 0.717) is 35.4 Å². The molecular weight excluding hydrogens is 458 g/mol. The third-order valence-electron chi connectivity index (χ3n) is 6.86. The van der Waals surface area contributed by atoms with E-state index < -0.39 is 18.2 Å². The fraction of sp³-hybridized carbons (Fsp3) is 0.280. The molecule has 9 heteroatoms. The molecule has 2 amide bonds. The molecular formula is C25H22F2N4O2S. The van der Waals surface area contributed by atoms with Crippen LogP contribution in [0.25, 0.3) is 32.3 Å². The summed E-state index contributed by atoms with van der Waals surface area (Å²) in [5.41, 5.74) is 3.16. The zero-order chi connectivity index (χ0) is 23.4. The summed E-state index contributed by atoms with van der Waals surface area (Å²) >= 11 is 1.55. The number of rotatable bonds is 5. The largest absolute Gasteiger partial charge is 0.352 e. The van der Waals surface area contributed by atoms with Gasteiger partial charge in [-0.2, -0.15) is 0 Å². The number of likely N-dealkylation sites (tertiary alicyclic amines) is 1. The molecule has 5 heterocycles. The number of hydrogen-bond acceptors (Lipinski definition) is 4. The highest BCUT2D eigenvalue weighted by Gasteiger charge is 2.35. The van der Waals surface area contributed by atoms with Gasteiger partial charge in [0.15, 0.2) is 0 Å². The van der Waals surface area contributed by atoms with Crippen LogP contribution < -0.4 is 5.32 Å². The minimum atomic E-state index is -2.33. The lowest BCUT2D eigenvalue weighted by Gasteiger charge is -2.32. The molecule has 1 aromatic carbocycles. The van der Waals surface area contributed by atoms with Crippen LogP contribution in [-0.4, -0.2) is 52.3 Å². The fourth-order valence-corrected chi connectivity index (χ4v) is 6.08. The van der Waals surface area contributed by atoms with Gasteiger partial charge < -0.3 is 9.55 Å². The van der Waals surface area contributed by atoms with E-state index in [4.69, 9.17) is 0 Å². The lowest BCUT2D eigenvalue weighted by atomic mass is 9.96. The number of carbonyl (C=O) groups excluding carboxylic acids is 2. The van der Waals surface area contributed by atoms with Crippen molar-refractivity contribution in [3.05, 3.63) is 59.2 Å². The van der Waals surface area contributed by atoms with E-state index in [9.17, 15) is 18.4 Å². The van der Waals surface area contributed by atoms with E-state index >= 15 is 0 Å². The number of aromatic nitrogens is 2. The number of nitrogens with one attached hydrogen (secondary N) is 2. The number of thiophene rings is 1. The fourth-order valence-electron chi connectivity index (χ4n) is 5.31. The topological polar surface area (TPSA) is 70.1 Å². The molecule has 2 N–H and O–H groups in total. The van der Waals surface area contributed by atoms with Crippen molar-refractivity contribution in [3.8, 4) is 0 Å². The van der Waals surface area contributed by atoms with Crippen molar-refractivity contribution in [2.45, 2.75) is 25.3 Å². The van der Waals surface area contributed by atoms with E-state index in [0.717, 1.165) is 34.0 Å². The number of hydrogen-bond donors (Lipinski definition) is 2. The third-order valence-corrected chi connectivity index (χ3v) is 7.71. The number of piperidine rings is 1. The van der Waals surface area contributed by atoms with Crippen molar-refractivity contribution in [2.75, 3.05) is 19.6 Å². The minimum Gasteiger partial charge on any atom is -0.352 e. The van der Waals surface area contributed by atoms with E-state index in [-0.39, 0.29) is 12.6 Å². The number of amides is 2. The Labute approximate surface area is 197 Å². The van der Waals surface area contributed by atoms with Gasteiger partial charge in [0.1, 0.15) is 4.83 Å². The first-order chi connectivity index (χ1) is 16.5. The van der Waals surface area contributed by atoms with Crippen LogP contribution in [0.5, 0.6) is 0 Å². The summed E-state index contributed by atoms with van der Waals surface area (Å²) in [6.45, 7) is 1.00. The summed E-state index contributed by atoms with van der Waals surface area (Å²) in [7, 11) is 0. The number of para-hydroxylation sites is 1. The van der Waals surface area contributed by atoms with Crippen LogP contribution in [0.2, 0.25) is 0 Å². The van der Waals surface area contributed by atoms with E-state index in [1.807, 2.05) is 41.9 Å². The maximum absolute atomic E-state index is 13.1. The number of alkyl halides is 2. The number of aromatic amines is 1. The molecule has 3 aromatic heterocycles. The number of imide groups is 1. The predicted octanol–water partition coefficient (Wildman–Crippen LogP) is 4.65. The molecule has 4 aromatic rings. The molecule has 174 valence electrons. The third kappa shape index (κ3) is 3.38. The molecule has 0 aliphatic carbocycles. The molecule has 0 spiro atoms. The molecule has 0 saturated carbocycles. The first kappa shape index (κ1) is 21.2. The average molecular weight is 481 g/mol. The van der Waals surface area contributed by atoms with E-state index in [2.05, 4.69) is 14.9 Å². The van der Waals surface area contributed by atoms with Crippen molar-refractivity contribution in [2.24, 2.45) is 0 Å². The zero-order valence-electron chi connectivity index (χ0n) is 18.2. The molecule has 0 radical (unpaired) electrons. The summed E-state index contributed by atoms with van der Waals surface area (Å²) < 4.78 is 27.8. The van der Waals surface area contributed by atoms with Gasteiger partial charge in [-0.15, -0.1) is 11.3 Å². The predicted molar refractivity (Wildman–Crippen MR) is 129 cm³/mol. The molecule has 1 fully saturated rings. The maximum atomic E-state index is 13.1. The van der Waals surface area contributed by atoms with Crippen LogP contribution in [0.15, 0.2) is 48.1 Å². The number of halogens is 2. The van der Waals surface area contributed by atoms with Crippen molar-refractivity contribution >= 4 is 55.4 Å². The van der Waals surface area contributed by atoms with Gasteiger partial charge in [-0.3, -0.25) is 19.8 Å². The van der Waals surface area contributed by atoms with Gasteiger partial charge in [0.05, 0.1) is 17.7 Å². The summed E-state index contributed by atoms with van der Waals surface area (Å²) in [6, 6.07) is 9.92. The summed E-state index contributed by atoms with van der Waals surface area (Å²) in [4.78, 5) is 31.9. The molecule has 2 aliphatic rings. The van der Waals surface area contributed by atoms with Gasteiger partial charge >= 0.3 is 0 Å². The van der Waals surface area contributed by atoms with E-state index in [1.54, 1.807) is 22.4 Å². The number of fused-ring (bicyclic) bond motifs is 2. The Morgan fingerprint density at radius 1 is 1.00 bits per heavy atom. The highest BCUT2D eigenvalue weighted by atomic mass is 32.1. The maximum Gasteiger partial charge on any atom is 0.259 e. The van der Waals surface area contributed by atoms with E-state index in [1.165, 1.54) is 0 Å². The first-order valence-electron chi connectivity index (χ1n) is 11.3. The van der Waals surface area contributed by atoms with Crippen molar-refractivity contribution < 1.29 is 18.4 Å². The monoisotopic (exact) mass is 480 g/mol. The Hall–Kier alpha value is -3.30. The van der Waals surface area contributed by atoms with Gasteiger partial charge in [-0.05, 0) is 30.4 Å². The van der Waals surface area contributed by atoms with Crippen LogP contribution in [0.1, 0.15) is 30.0 Å². The molecule has 0 bridgehead atoms. The Morgan fingerprint density at radius 2 is 1.74 bits per heavy atom. The molecule has 0 atom stereocenters. The summed E-state index contributed by atoms with van der Waals surface area (Å²) in [5.74, 6) is -0.802. The molecule has 0 unspecified atom stereocenters. The van der Waals surface area contributed by atoms with Crippen molar-refractivity contribution in [1.29, 1.82) is 0 Å². The second-order valence-electron chi connectivity index (χ2n) is 8.79. The van der Waals surface area contributed by atoms with Crippen molar-refractivity contribution in [3.63, 3.8) is 0 Å². The zero-order valence-corrected chi connectivity index (χ0v) is 19.0. The van der Waals surface area contributed by atoms with Gasteiger partial charge in [0.2, 0.25) is 0 Å². The molecule has 34 heavy (non-hydrogen) atoms. The highest BCUT2D eigenvalue weighted by Crippen LogP contribution is 2.40. The van der Waals surface area contributed by atoms with Gasteiger partial charge in [0, 0.05) is 58.9 Å². The lowest BCUT2D eigenvalue weighted by molar-refractivity contribution is -0.122. The Balaban J connectivity index is 1.46. The Morgan fingerprint density at radius 3 is 2.50 bits per heavy atom. The second kappa shape index (κ2) is 8.18. The molecule has 1 saturated heterocycles. The van der Waals surface area contributed by atoms with Gasteiger partial charge in [-0.1, -0.05) is 18.2 Å². The van der Waals surface area contributed by atoms with Gasteiger partial charge in [0.25, 0.3) is 18.2 Å². The summed E-state index contributed by atoms with van der Waals surface area (Å²) in [6.07, 6.45) is 2.91. The first-order valence-corrected chi connectivity index (χ1v) is 12.1. The molecule has 6 nitrogen and oxygen atoms in total. The smallest absolute Gasteiger partial charge is 0.259 e. The summed E-state index contributed by atoms with van der Waals surface area (Å²) in [5, 5.41) is 6.25. The van der Waals surface area contributed by atoms with Crippen LogP contribution in [0, 0.1) is 0 Å². The van der Waals surface area contributed by atoms with Crippen LogP contribution in [0.3, 0.4) is 0 Å². The van der Waals surface area contributed by atoms with Gasteiger partial charge in [-0.25, -0.2) is 8.78 Å². The van der Waals surface area contributed by atoms with Crippen LogP contribution >= 0.6 is 11.3 Å². The normalized spacial score (nSPS) is 18.2. The Kier molecular flexibility index (Phi) is 5.11. The van der Waals surface area contributed by atoms with Crippen LogP contribution in [-0.2, 0) is 9.59 Å². The number of nitrogens with zero attached hydrogens (tertiary/aromatic N) is 2. The van der Waals surface area contributed by atoms with Crippen molar-refractivity contribution in [1.82, 2.24) is 19.8 Å². The number of benzene rings is 1. The highest BCUT2D eigenvalue weighted by molar-refractivity contribution is 7.16. The standard InChI is InChI=1S/C25H22F2N4O2S/c26-20(27)13-30-8-5-14(6-9-30)31-12-18(15-3-1-2-4-19(15)31)22-21(23(32)29-24(22)33)17-11-28-25-16(17)7-10-34-25/h1-4,7,10-12,14,20,28H,5-6,8-9,13H2,(H,29,32,33). The second-order valence-corrected chi connectivity index (χ2v) is 9.71. The molecule has 6 rings (SSSR count). The lowest BCUT2D eigenvalue weighted by Crippen LogP contribution is -2.37. The SMILES string of the molecule is O=C1NC(=O)C(c2cn(C3CCN(CC(F)F)CC3)c3ccccc23)=C1c1c[nH]c2sccc12. The number of carbonyl (C=O) groups is 2. The van der Waals surface area contributed by atoms with Crippen LogP contribution in [0.4, 0.5) is 8.78 Å². The average Bonchev–Trinajstić information content (AvgIpc) is 3.57. The molecule has 2 aliphatic heterocycles. The minimum absolute atomic E-state index is 0.132. The quantitative estimate of drug-likeness (QED) is 0.409. The number of H-pyrrole nitrogens is 1. The Bertz CT molecular complexity index is 1460.